The molecule has 2 aliphatic heterocycles. The molecule has 0 aliphatic carbocycles. The smallest absolute Gasteiger partial charge is 0.193 e. The molecule has 0 aromatic carbocycles. The van der Waals surface area contributed by atoms with Crippen molar-refractivity contribution in [3.8, 4) is 0 Å². The highest BCUT2D eigenvalue weighted by Crippen LogP contribution is 2.10. The predicted octanol–water partition coefficient (Wildman–Crippen LogP) is 0.114. The van der Waals surface area contributed by atoms with Crippen LogP contribution in [-0.4, -0.2) is 72.8 Å². The van der Waals surface area contributed by atoms with Crippen molar-refractivity contribution in [3.63, 3.8) is 0 Å². The van der Waals surface area contributed by atoms with Gasteiger partial charge >= 0.3 is 0 Å². The molecular formula is C13H26N4O. The maximum atomic E-state index is 9.53. The molecule has 2 aliphatic rings. The standard InChI is InChI=1S/C13H26N4O/c1-2-14-13(15-6-11-16-7-3-8-16)17-9-4-12(18)5-10-17/h12,18H,2-11H2,1H3,(H,14,15). The molecule has 2 heterocycles. The van der Waals surface area contributed by atoms with Crippen molar-refractivity contribution in [2.24, 2.45) is 4.99 Å². The minimum atomic E-state index is -0.120. The zero-order chi connectivity index (χ0) is 12.8. The highest BCUT2D eigenvalue weighted by Gasteiger charge is 2.19. The molecule has 0 spiro atoms. The first kappa shape index (κ1) is 13.6. The Morgan fingerprint density at radius 2 is 2.00 bits per heavy atom. The summed E-state index contributed by atoms with van der Waals surface area (Å²) in [5.74, 6) is 1.02. The van der Waals surface area contributed by atoms with Crippen LogP contribution in [0.5, 0.6) is 0 Å². The second-order valence-corrected chi connectivity index (χ2v) is 5.15. The molecule has 5 nitrogen and oxygen atoms in total. The Labute approximate surface area is 110 Å². The molecule has 0 amide bonds. The molecule has 2 fully saturated rings. The van der Waals surface area contributed by atoms with Crippen molar-refractivity contribution in [1.82, 2.24) is 15.1 Å². The van der Waals surface area contributed by atoms with Gasteiger partial charge in [-0.1, -0.05) is 0 Å². The first-order valence-corrected chi connectivity index (χ1v) is 7.23. The number of hydrogen-bond acceptors (Lipinski definition) is 3. The van der Waals surface area contributed by atoms with Crippen LogP contribution in [0.3, 0.4) is 0 Å². The molecule has 2 saturated heterocycles. The van der Waals surface area contributed by atoms with E-state index in [0.717, 1.165) is 51.5 Å². The van der Waals surface area contributed by atoms with E-state index in [-0.39, 0.29) is 6.10 Å². The van der Waals surface area contributed by atoms with E-state index in [1.54, 1.807) is 0 Å². The average Bonchev–Trinajstić information content (AvgIpc) is 2.32. The molecule has 18 heavy (non-hydrogen) atoms. The Morgan fingerprint density at radius 3 is 2.56 bits per heavy atom. The number of guanidine groups is 1. The van der Waals surface area contributed by atoms with Crippen LogP contribution in [0.1, 0.15) is 26.2 Å². The van der Waals surface area contributed by atoms with Crippen LogP contribution < -0.4 is 5.32 Å². The summed E-state index contributed by atoms with van der Waals surface area (Å²) in [5.41, 5.74) is 0. The minimum absolute atomic E-state index is 0.120. The van der Waals surface area contributed by atoms with E-state index < -0.39 is 0 Å². The number of aliphatic imine (C=N–C) groups is 1. The summed E-state index contributed by atoms with van der Waals surface area (Å²) >= 11 is 0. The topological polar surface area (TPSA) is 51.1 Å². The number of nitrogens with one attached hydrogen (secondary N) is 1. The summed E-state index contributed by atoms with van der Waals surface area (Å²) in [5, 5.41) is 12.9. The maximum absolute atomic E-state index is 9.53. The quantitative estimate of drug-likeness (QED) is 0.552. The van der Waals surface area contributed by atoms with E-state index in [9.17, 15) is 5.11 Å². The van der Waals surface area contributed by atoms with Crippen LogP contribution in [0.2, 0.25) is 0 Å². The maximum Gasteiger partial charge on any atom is 0.193 e. The van der Waals surface area contributed by atoms with Crippen LogP contribution >= 0.6 is 0 Å². The fourth-order valence-corrected chi connectivity index (χ4v) is 2.41. The van der Waals surface area contributed by atoms with Crippen molar-refractivity contribution < 1.29 is 5.11 Å². The fraction of sp³-hybridized carbons (Fsp3) is 0.923. The summed E-state index contributed by atoms with van der Waals surface area (Å²) in [6.45, 7) is 9.26. The molecule has 104 valence electrons. The molecule has 0 aromatic rings. The third-order valence-electron chi connectivity index (χ3n) is 3.73. The molecule has 5 heteroatoms. The van der Waals surface area contributed by atoms with Gasteiger partial charge < -0.3 is 20.2 Å². The van der Waals surface area contributed by atoms with Gasteiger partial charge in [0, 0.05) is 26.2 Å². The van der Waals surface area contributed by atoms with Crippen LogP contribution in [-0.2, 0) is 0 Å². The third-order valence-corrected chi connectivity index (χ3v) is 3.73. The number of nitrogens with zero attached hydrogens (tertiary/aromatic N) is 3. The monoisotopic (exact) mass is 254 g/mol. The second-order valence-electron chi connectivity index (χ2n) is 5.15. The van der Waals surface area contributed by atoms with Gasteiger partial charge in [0.2, 0.25) is 0 Å². The lowest BCUT2D eigenvalue weighted by molar-refractivity contribution is 0.108. The second kappa shape index (κ2) is 6.95. The van der Waals surface area contributed by atoms with Gasteiger partial charge in [0.05, 0.1) is 12.6 Å². The average molecular weight is 254 g/mol. The zero-order valence-electron chi connectivity index (χ0n) is 11.4. The number of aliphatic hydroxyl groups excluding tert-OH is 1. The van der Waals surface area contributed by atoms with E-state index in [2.05, 4.69) is 22.0 Å². The number of piperidine rings is 1. The molecule has 2 rings (SSSR count). The van der Waals surface area contributed by atoms with E-state index in [1.165, 1.54) is 19.5 Å². The normalized spacial score (nSPS) is 23.0. The van der Waals surface area contributed by atoms with Crippen LogP contribution in [0.25, 0.3) is 0 Å². The summed E-state index contributed by atoms with van der Waals surface area (Å²) in [6.07, 6.45) is 2.94. The van der Waals surface area contributed by atoms with Gasteiger partial charge in [0.25, 0.3) is 0 Å². The van der Waals surface area contributed by atoms with Gasteiger partial charge in [-0.3, -0.25) is 4.99 Å². The molecule has 2 N–H and O–H groups in total. The summed E-state index contributed by atoms with van der Waals surface area (Å²) in [7, 11) is 0. The fourth-order valence-electron chi connectivity index (χ4n) is 2.41. The number of rotatable bonds is 4. The lowest BCUT2D eigenvalue weighted by Gasteiger charge is -2.33. The molecule has 0 aromatic heterocycles. The molecule has 0 atom stereocenters. The minimum Gasteiger partial charge on any atom is -0.393 e. The van der Waals surface area contributed by atoms with Crippen LogP contribution in [0, 0.1) is 0 Å². The summed E-state index contributed by atoms with van der Waals surface area (Å²) in [6, 6.07) is 0. The van der Waals surface area contributed by atoms with Gasteiger partial charge in [-0.05, 0) is 39.3 Å². The molecule has 0 radical (unpaired) electrons. The number of likely N-dealkylation sites (tertiary alicyclic amines) is 2. The van der Waals surface area contributed by atoms with E-state index in [1.807, 2.05) is 0 Å². The number of hydrogen-bond donors (Lipinski definition) is 2. The van der Waals surface area contributed by atoms with Crippen molar-refractivity contribution in [1.29, 1.82) is 0 Å². The van der Waals surface area contributed by atoms with Gasteiger partial charge in [-0.2, -0.15) is 0 Å². The first-order valence-electron chi connectivity index (χ1n) is 7.23. The predicted molar refractivity (Wildman–Crippen MR) is 73.8 cm³/mol. The summed E-state index contributed by atoms with van der Waals surface area (Å²) < 4.78 is 0. The van der Waals surface area contributed by atoms with Crippen molar-refractivity contribution >= 4 is 5.96 Å². The van der Waals surface area contributed by atoms with Crippen molar-refractivity contribution in [3.05, 3.63) is 0 Å². The Morgan fingerprint density at radius 1 is 1.28 bits per heavy atom. The Bertz CT molecular complexity index is 270. The SMILES string of the molecule is CCNC(=NCCN1CCC1)N1CCC(O)CC1. The molecule has 0 saturated carbocycles. The van der Waals surface area contributed by atoms with Crippen LogP contribution in [0.4, 0.5) is 0 Å². The van der Waals surface area contributed by atoms with E-state index in [0.29, 0.717) is 0 Å². The van der Waals surface area contributed by atoms with Gasteiger partial charge in [0.15, 0.2) is 5.96 Å². The van der Waals surface area contributed by atoms with Crippen LogP contribution in [0.15, 0.2) is 4.99 Å². The summed E-state index contributed by atoms with van der Waals surface area (Å²) in [4.78, 5) is 9.40. The lowest BCUT2D eigenvalue weighted by atomic mass is 10.1. The largest absolute Gasteiger partial charge is 0.393 e. The Hall–Kier alpha value is -0.810. The van der Waals surface area contributed by atoms with Crippen molar-refractivity contribution in [2.45, 2.75) is 32.3 Å². The molecular weight excluding hydrogens is 228 g/mol. The van der Waals surface area contributed by atoms with Crippen molar-refractivity contribution in [2.75, 3.05) is 45.8 Å². The Kier molecular flexibility index (Phi) is 5.26. The first-order chi connectivity index (χ1) is 8.79. The van der Waals surface area contributed by atoms with E-state index in [4.69, 9.17) is 4.99 Å². The number of aliphatic hydroxyl groups is 1. The Balaban J connectivity index is 1.79. The highest BCUT2D eigenvalue weighted by atomic mass is 16.3. The highest BCUT2D eigenvalue weighted by molar-refractivity contribution is 5.80. The molecule has 0 unspecified atom stereocenters. The molecule has 0 bridgehead atoms. The lowest BCUT2D eigenvalue weighted by Crippen LogP contribution is -2.47. The zero-order valence-corrected chi connectivity index (χ0v) is 11.4. The van der Waals surface area contributed by atoms with Gasteiger partial charge in [-0.15, -0.1) is 0 Å². The van der Waals surface area contributed by atoms with Gasteiger partial charge in [-0.25, -0.2) is 0 Å². The van der Waals surface area contributed by atoms with Gasteiger partial charge in [0.1, 0.15) is 0 Å². The van der Waals surface area contributed by atoms with E-state index >= 15 is 0 Å². The third kappa shape index (κ3) is 3.85.